The minimum Gasteiger partial charge on any atom is -0.367 e. The van der Waals surface area contributed by atoms with Gasteiger partial charge in [0.05, 0.1) is 5.54 Å². The number of rotatable bonds is 3. The molecule has 1 aliphatic carbocycles. The van der Waals surface area contributed by atoms with Crippen molar-refractivity contribution in [2.45, 2.75) is 38.6 Å². The second-order valence-corrected chi connectivity index (χ2v) is 6.13. The molecule has 3 heteroatoms. The van der Waals surface area contributed by atoms with Crippen LogP contribution in [0.2, 0.25) is 0 Å². The van der Waals surface area contributed by atoms with Crippen molar-refractivity contribution < 1.29 is 4.39 Å². The van der Waals surface area contributed by atoms with Gasteiger partial charge in [0.15, 0.2) is 0 Å². The molecule has 1 aromatic carbocycles. The van der Waals surface area contributed by atoms with E-state index in [0.29, 0.717) is 18.4 Å². The summed E-state index contributed by atoms with van der Waals surface area (Å²) in [6.45, 7) is 5.18. The van der Waals surface area contributed by atoms with Crippen molar-refractivity contribution in [3.63, 3.8) is 0 Å². The lowest BCUT2D eigenvalue weighted by Crippen LogP contribution is -2.59. The Labute approximate surface area is 115 Å². The van der Waals surface area contributed by atoms with E-state index in [1.165, 1.54) is 18.9 Å². The molecule has 1 saturated carbocycles. The van der Waals surface area contributed by atoms with Crippen LogP contribution in [-0.2, 0) is 0 Å². The van der Waals surface area contributed by atoms with Gasteiger partial charge in [-0.15, -0.1) is 0 Å². The van der Waals surface area contributed by atoms with Gasteiger partial charge in [-0.25, -0.2) is 4.39 Å². The van der Waals surface area contributed by atoms with E-state index in [9.17, 15) is 4.39 Å². The number of nitrogens with zero attached hydrogens (tertiary/aromatic N) is 1. The maximum Gasteiger partial charge on any atom is 0.125 e. The summed E-state index contributed by atoms with van der Waals surface area (Å²) >= 11 is 0. The van der Waals surface area contributed by atoms with E-state index in [4.69, 9.17) is 5.73 Å². The molecule has 1 fully saturated rings. The third-order valence-electron chi connectivity index (χ3n) is 4.93. The Morgan fingerprint density at radius 2 is 2.11 bits per heavy atom. The van der Waals surface area contributed by atoms with Crippen molar-refractivity contribution >= 4 is 5.69 Å². The molecule has 3 unspecified atom stereocenters. The summed E-state index contributed by atoms with van der Waals surface area (Å²) in [5, 5.41) is 0. The van der Waals surface area contributed by atoms with E-state index < -0.39 is 0 Å². The fraction of sp³-hybridized carbons (Fsp3) is 0.625. The molecule has 0 aromatic heterocycles. The van der Waals surface area contributed by atoms with E-state index >= 15 is 0 Å². The van der Waals surface area contributed by atoms with Crippen LogP contribution in [0.3, 0.4) is 0 Å². The van der Waals surface area contributed by atoms with Crippen LogP contribution in [-0.4, -0.2) is 19.1 Å². The van der Waals surface area contributed by atoms with E-state index in [0.717, 1.165) is 12.1 Å². The van der Waals surface area contributed by atoms with Crippen LogP contribution in [0.1, 0.15) is 33.1 Å². The second kappa shape index (κ2) is 5.49. The number of hydrogen-bond acceptors (Lipinski definition) is 2. The number of benzene rings is 1. The van der Waals surface area contributed by atoms with Gasteiger partial charge in [0.2, 0.25) is 0 Å². The predicted molar refractivity (Wildman–Crippen MR) is 78.8 cm³/mol. The molecular formula is C16H25FN2. The lowest BCUT2D eigenvalue weighted by atomic mass is 9.68. The van der Waals surface area contributed by atoms with E-state index in [1.54, 1.807) is 12.1 Å². The predicted octanol–water partition coefficient (Wildman–Crippen LogP) is 3.42. The summed E-state index contributed by atoms with van der Waals surface area (Å²) < 4.78 is 13.4. The highest BCUT2D eigenvalue weighted by molar-refractivity contribution is 5.49. The first-order valence-electron chi connectivity index (χ1n) is 7.19. The van der Waals surface area contributed by atoms with E-state index in [-0.39, 0.29) is 11.4 Å². The molecule has 3 atom stereocenters. The monoisotopic (exact) mass is 264 g/mol. The fourth-order valence-electron chi connectivity index (χ4n) is 3.54. The number of hydrogen-bond donors (Lipinski definition) is 1. The number of nitrogens with two attached hydrogens (primary N) is 1. The molecule has 1 aliphatic rings. The van der Waals surface area contributed by atoms with Crippen molar-refractivity contribution in [3.05, 3.63) is 30.1 Å². The summed E-state index contributed by atoms with van der Waals surface area (Å²) in [4.78, 5) is 2.20. The fourth-order valence-corrected chi connectivity index (χ4v) is 3.54. The molecule has 2 rings (SSSR count). The molecule has 0 saturated heterocycles. The van der Waals surface area contributed by atoms with Gasteiger partial charge in [-0.1, -0.05) is 26.3 Å². The largest absolute Gasteiger partial charge is 0.367 e. The van der Waals surface area contributed by atoms with Gasteiger partial charge in [0, 0.05) is 19.3 Å². The molecule has 106 valence electrons. The smallest absolute Gasteiger partial charge is 0.125 e. The molecule has 0 radical (unpaired) electrons. The van der Waals surface area contributed by atoms with Crippen LogP contribution in [0.25, 0.3) is 0 Å². The maximum atomic E-state index is 13.4. The lowest BCUT2D eigenvalue weighted by molar-refractivity contribution is 0.162. The summed E-state index contributed by atoms with van der Waals surface area (Å²) in [7, 11) is 2.05. The quantitative estimate of drug-likeness (QED) is 0.906. The minimum absolute atomic E-state index is 0.0501. The van der Waals surface area contributed by atoms with Crippen LogP contribution in [0.5, 0.6) is 0 Å². The third-order valence-corrected chi connectivity index (χ3v) is 4.93. The molecule has 0 aliphatic heterocycles. The first-order valence-corrected chi connectivity index (χ1v) is 7.19. The van der Waals surface area contributed by atoms with Crippen molar-refractivity contribution in [1.82, 2.24) is 0 Å². The Balaban J connectivity index is 2.34. The highest BCUT2D eigenvalue weighted by atomic mass is 19.1. The van der Waals surface area contributed by atoms with Gasteiger partial charge in [-0.3, -0.25) is 0 Å². The van der Waals surface area contributed by atoms with E-state index in [2.05, 4.69) is 25.8 Å². The molecule has 0 spiro atoms. The molecule has 0 amide bonds. The van der Waals surface area contributed by atoms with Gasteiger partial charge in [0.25, 0.3) is 0 Å². The highest BCUT2D eigenvalue weighted by Gasteiger charge is 2.42. The van der Waals surface area contributed by atoms with Crippen LogP contribution in [0.15, 0.2) is 24.3 Å². The van der Waals surface area contributed by atoms with Crippen molar-refractivity contribution in [2.75, 3.05) is 18.5 Å². The molecule has 0 heterocycles. The maximum absolute atomic E-state index is 13.4. The Morgan fingerprint density at radius 3 is 2.74 bits per heavy atom. The SMILES string of the molecule is CC1CCC(C)C(CN)(N(C)c2cccc(F)c2)C1. The van der Waals surface area contributed by atoms with Crippen molar-refractivity contribution in [2.24, 2.45) is 17.6 Å². The van der Waals surface area contributed by atoms with Gasteiger partial charge in [0.1, 0.15) is 5.82 Å². The highest BCUT2D eigenvalue weighted by Crippen LogP contribution is 2.41. The molecule has 0 bridgehead atoms. The summed E-state index contributed by atoms with van der Waals surface area (Å²) in [5.41, 5.74) is 7.00. The van der Waals surface area contributed by atoms with Crippen LogP contribution >= 0.6 is 0 Å². The standard InChI is InChI=1S/C16H25FN2/c1-12-7-8-13(2)16(10-12,11-18)19(3)15-6-4-5-14(17)9-15/h4-6,9,12-13H,7-8,10-11,18H2,1-3H3. The zero-order chi connectivity index (χ0) is 14.0. The molecule has 19 heavy (non-hydrogen) atoms. The number of likely N-dealkylation sites (N-methyl/N-ethyl adjacent to an activating group) is 1. The summed E-state index contributed by atoms with van der Waals surface area (Å²) in [6, 6.07) is 6.82. The van der Waals surface area contributed by atoms with Crippen LogP contribution < -0.4 is 10.6 Å². The Kier molecular flexibility index (Phi) is 4.14. The average Bonchev–Trinajstić information content (AvgIpc) is 2.41. The first-order chi connectivity index (χ1) is 8.99. The van der Waals surface area contributed by atoms with Crippen LogP contribution in [0.4, 0.5) is 10.1 Å². The van der Waals surface area contributed by atoms with E-state index in [1.807, 2.05) is 6.07 Å². The van der Waals surface area contributed by atoms with Gasteiger partial charge in [-0.2, -0.15) is 0 Å². The van der Waals surface area contributed by atoms with Gasteiger partial charge in [-0.05, 0) is 42.9 Å². The molecule has 2 nitrogen and oxygen atoms in total. The normalized spacial score (nSPS) is 31.2. The summed E-state index contributed by atoms with van der Waals surface area (Å²) in [6.07, 6.45) is 3.54. The molecular weight excluding hydrogens is 239 g/mol. The Hall–Kier alpha value is -1.09. The lowest BCUT2D eigenvalue weighted by Gasteiger charge is -2.51. The second-order valence-electron chi connectivity index (χ2n) is 6.13. The number of halogens is 1. The molecule has 1 aromatic rings. The Morgan fingerprint density at radius 1 is 1.37 bits per heavy atom. The number of anilines is 1. The molecule has 2 N–H and O–H groups in total. The summed E-state index contributed by atoms with van der Waals surface area (Å²) in [5.74, 6) is 1.02. The minimum atomic E-state index is -0.187. The van der Waals surface area contributed by atoms with Crippen molar-refractivity contribution in [3.8, 4) is 0 Å². The zero-order valence-corrected chi connectivity index (χ0v) is 12.2. The van der Waals surface area contributed by atoms with Gasteiger partial charge < -0.3 is 10.6 Å². The van der Waals surface area contributed by atoms with Crippen molar-refractivity contribution in [1.29, 1.82) is 0 Å². The third kappa shape index (κ3) is 2.62. The van der Waals surface area contributed by atoms with Gasteiger partial charge >= 0.3 is 0 Å². The topological polar surface area (TPSA) is 29.3 Å². The average molecular weight is 264 g/mol. The first kappa shape index (κ1) is 14.3. The Bertz CT molecular complexity index is 435. The zero-order valence-electron chi connectivity index (χ0n) is 12.2. The van der Waals surface area contributed by atoms with Crippen LogP contribution in [0, 0.1) is 17.7 Å².